The summed E-state index contributed by atoms with van der Waals surface area (Å²) < 4.78 is 5.07. The van der Waals surface area contributed by atoms with Crippen molar-refractivity contribution in [3.05, 3.63) is 53.6 Å². The van der Waals surface area contributed by atoms with E-state index in [0.29, 0.717) is 5.75 Å². The molecule has 2 aromatic carbocycles. The Morgan fingerprint density at radius 2 is 1.82 bits per heavy atom. The molecule has 0 atom stereocenters. The van der Waals surface area contributed by atoms with Crippen molar-refractivity contribution in [1.82, 2.24) is 0 Å². The fourth-order valence-corrected chi connectivity index (χ4v) is 1.87. The summed E-state index contributed by atoms with van der Waals surface area (Å²) in [5.41, 5.74) is 4.17. The average molecular weight is 223 g/mol. The number of benzene rings is 2. The van der Waals surface area contributed by atoms with Gasteiger partial charge in [0.05, 0.1) is 0 Å². The van der Waals surface area contributed by atoms with E-state index in [-0.39, 0.29) is 0 Å². The number of hydrogen-bond donors (Lipinski definition) is 0. The zero-order valence-electron chi connectivity index (χ0n) is 9.90. The Bertz CT molecular complexity index is 582. The van der Waals surface area contributed by atoms with Gasteiger partial charge in [0.25, 0.3) is 6.26 Å². The van der Waals surface area contributed by atoms with Gasteiger partial charge in [0.1, 0.15) is 0 Å². The van der Waals surface area contributed by atoms with E-state index < -0.39 is 0 Å². The monoisotopic (exact) mass is 223 g/mol. The van der Waals surface area contributed by atoms with Crippen LogP contribution in [-0.2, 0) is 0 Å². The fraction of sp³-hybridized carbons (Fsp3) is 0.133. The first-order valence-corrected chi connectivity index (χ1v) is 5.45. The minimum absolute atomic E-state index is 0.639. The first-order valence-electron chi connectivity index (χ1n) is 5.45. The second kappa shape index (κ2) is 4.71. The molecule has 2 rings (SSSR count). The summed E-state index contributed by atoms with van der Waals surface area (Å²) >= 11 is 0. The molecule has 2 nitrogen and oxygen atoms in total. The van der Waals surface area contributed by atoms with E-state index >= 15 is 0 Å². The first kappa shape index (κ1) is 11.2. The number of aryl methyl sites for hydroxylation is 2. The van der Waals surface area contributed by atoms with Crippen molar-refractivity contribution >= 4 is 0 Å². The van der Waals surface area contributed by atoms with Crippen LogP contribution in [0, 0.1) is 25.4 Å². The van der Waals surface area contributed by atoms with Crippen LogP contribution in [0.3, 0.4) is 0 Å². The third-order valence-electron chi connectivity index (χ3n) is 2.69. The Morgan fingerprint density at radius 1 is 1.06 bits per heavy atom. The van der Waals surface area contributed by atoms with E-state index in [1.807, 2.05) is 50.2 Å². The van der Waals surface area contributed by atoms with Crippen LogP contribution in [0.4, 0.5) is 0 Å². The van der Waals surface area contributed by atoms with Crippen molar-refractivity contribution in [3.63, 3.8) is 0 Å². The molecule has 0 aliphatic rings. The molecule has 0 saturated heterocycles. The number of nitriles is 1. The number of hydrogen-bond acceptors (Lipinski definition) is 2. The molecule has 0 radical (unpaired) electrons. The lowest BCUT2D eigenvalue weighted by Gasteiger charge is -2.09. The quantitative estimate of drug-likeness (QED) is 0.725. The van der Waals surface area contributed by atoms with E-state index in [0.717, 1.165) is 16.7 Å². The number of para-hydroxylation sites is 1. The first-order chi connectivity index (χ1) is 8.22. The van der Waals surface area contributed by atoms with Crippen molar-refractivity contribution in [2.75, 3.05) is 0 Å². The highest BCUT2D eigenvalue weighted by atomic mass is 16.5. The lowest BCUT2D eigenvalue weighted by atomic mass is 10.0. The van der Waals surface area contributed by atoms with Gasteiger partial charge in [0, 0.05) is 5.56 Å². The van der Waals surface area contributed by atoms with Gasteiger partial charge in [-0.15, -0.1) is 5.26 Å². The summed E-state index contributed by atoms with van der Waals surface area (Å²) in [5.74, 6) is 0.639. The number of ether oxygens (including phenoxy) is 1. The lowest BCUT2D eigenvalue weighted by Crippen LogP contribution is -1.90. The standard InChI is InChI=1S/C15H13NO/c1-11-5-3-7-13(9-11)14-8-4-6-12(2)15(14)17-10-16/h3-9H,1-2H3. The Hall–Kier alpha value is -2.27. The summed E-state index contributed by atoms with van der Waals surface area (Å²) in [6.07, 6.45) is 1.75. The molecule has 0 bridgehead atoms. The molecule has 0 unspecified atom stereocenters. The third-order valence-corrected chi connectivity index (χ3v) is 2.69. The van der Waals surface area contributed by atoms with Gasteiger partial charge in [0.2, 0.25) is 0 Å². The van der Waals surface area contributed by atoms with E-state index in [4.69, 9.17) is 10.00 Å². The minimum atomic E-state index is 0.639. The van der Waals surface area contributed by atoms with Crippen molar-refractivity contribution in [2.24, 2.45) is 0 Å². The summed E-state index contributed by atoms with van der Waals surface area (Å²) in [4.78, 5) is 0. The molecule has 0 saturated carbocycles. The predicted octanol–water partition coefficient (Wildman–Crippen LogP) is 3.83. The van der Waals surface area contributed by atoms with E-state index in [2.05, 4.69) is 6.07 Å². The van der Waals surface area contributed by atoms with Gasteiger partial charge >= 0.3 is 0 Å². The van der Waals surface area contributed by atoms with Crippen molar-refractivity contribution in [2.45, 2.75) is 13.8 Å². The molecule has 84 valence electrons. The van der Waals surface area contributed by atoms with Crippen molar-refractivity contribution in [1.29, 1.82) is 5.26 Å². The van der Waals surface area contributed by atoms with Crippen LogP contribution in [0.25, 0.3) is 11.1 Å². The van der Waals surface area contributed by atoms with Crippen LogP contribution in [0.2, 0.25) is 0 Å². The molecule has 0 fully saturated rings. The Morgan fingerprint density at radius 3 is 2.53 bits per heavy atom. The molecule has 0 aliphatic heterocycles. The van der Waals surface area contributed by atoms with Crippen LogP contribution in [-0.4, -0.2) is 0 Å². The molecule has 2 heteroatoms. The maximum absolute atomic E-state index is 8.70. The molecular weight excluding hydrogens is 210 g/mol. The number of nitrogens with zero attached hydrogens (tertiary/aromatic N) is 1. The Balaban J connectivity index is 2.59. The van der Waals surface area contributed by atoms with Crippen LogP contribution < -0.4 is 4.74 Å². The molecular formula is C15H13NO. The molecule has 0 N–H and O–H groups in total. The maximum Gasteiger partial charge on any atom is 0.292 e. The second-order valence-corrected chi connectivity index (χ2v) is 4.01. The highest BCUT2D eigenvalue weighted by molar-refractivity contribution is 5.72. The maximum atomic E-state index is 8.70. The highest BCUT2D eigenvalue weighted by Crippen LogP contribution is 2.33. The fourth-order valence-electron chi connectivity index (χ4n) is 1.87. The summed E-state index contributed by atoms with van der Waals surface area (Å²) in [6.45, 7) is 3.98. The molecule has 2 aromatic rings. The molecule has 0 amide bonds. The molecule has 0 aliphatic carbocycles. The van der Waals surface area contributed by atoms with Gasteiger partial charge < -0.3 is 4.74 Å². The van der Waals surface area contributed by atoms with E-state index in [9.17, 15) is 0 Å². The van der Waals surface area contributed by atoms with Crippen LogP contribution >= 0.6 is 0 Å². The van der Waals surface area contributed by atoms with Gasteiger partial charge in [0.15, 0.2) is 5.75 Å². The topological polar surface area (TPSA) is 33.0 Å². The van der Waals surface area contributed by atoms with Crippen molar-refractivity contribution < 1.29 is 4.74 Å². The van der Waals surface area contributed by atoms with Gasteiger partial charge in [-0.3, -0.25) is 0 Å². The van der Waals surface area contributed by atoms with E-state index in [1.54, 1.807) is 6.26 Å². The van der Waals surface area contributed by atoms with Gasteiger partial charge in [-0.25, -0.2) is 0 Å². The van der Waals surface area contributed by atoms with Gasteiger partial charge in [-0.1, -0.05) is 48.0 Å². The SMILES string of the molecule is Cc1cccc(-c2cccc(C)c2OC#N)c1. The molecule has 0 spiro atoms. The third kappa shape index (κ3) is 2.29. The normalized spacial score (nSPS) is 9.71. The van der Waals surface area contributed by atoms with Crippen LogP contribution in [0.1, 0.15) is 11.1 Å². The van der Waals surface area contributed by atoms with Crippen LogP contribution in [0.15, 0.2) is 42.5 Å². The summed E-state index contributed by atoms with van der Waals surface area (Å²) in [7, 11) is 0. The zero-order valence-corrected chi connectivity index (χ0v) is 9.90. The Kier molecular flexibility index (Phi) is 3.11. The molecule has 0 aromatic heterocycles. The Labute approximate surface area is 101 Å². The molecule has 0 heterocycles. The summed E-state index contributed by atoms with van der Waals surface area (Å²) in [5, 5.41) is 8.70. The van der Waals surface area contributed by atoms with Crippen molar-refractivity contribution in [3.8, 4) is 23.1 Å². The predicted molar refractivity (Wildman–Crippen MR) is 67.6 cm³/mol. The minimum Gasteiger partial charge on any atom is -0.387 e. The van der Waals surface area contributed by atoms with Gasteiger partial charge in [-0.05, 0) is 25.0 Å². The smallest absolute Gasteiger partial charge is 0.292 e. The van der Waals surface area contributed by atoms with E-state index in [1.165, 1.54) is 5.56 Å². The van der Waals surface area contributed by atoms with Gasteiger partial charge in [-0.2, -0.15) is 0 Å². The number of rotatable bonds is 2. The zero-order chi connectivity index (χ0) is 12.3. The summed E-state index contributed by atoms with van der Waals surface area (Å²) in [6, 6.07) is 14.0. The molecule has 17 heavy (non-hydrogen) atoms. The average Bonchev–Trinajstić information content (AvgIpc) is 2.32. The van der Waals surface area contributed by atoms with Crippen LogP contribution in [0.5, 0.6) is 5.75 Å². The lowest BCUT2D eigenvalue weighted by molar-refractivity contribution is 0.505. The second-order valence-electron chi connectivity index (χ2n) is 4.01. The largest absolute Gasteiger partial charge is 0.387 e. The highest BCUT2D eigenvalue weighted by Gasteiger charge is 2.09.